The molecule has 1 N–H and O–H groups in total. The molecular weight excluding hydrogens is 262 g/mol. The third-order valence-corrected chi connectivity index (χ3v) is 3.23. The van der Waals surface area contributed by atoms with Crippen molar-refractivity contribution in [3.05, 3.63) is 40.0 Å². The predicted molar refractivity (Wildman–Crippen MR) is 77.0 cm³/mol. The van der Waals surface area contributed by atoms with E-state index in [-0.39, 0.29) is 0 Å². The molecule has 0 aliphatic carbocycles. The molecule has 1 aromatic heterocycles. The van der Waals surface area contributed by atoms with Crippen LogP contribution in [-0.4, -0.2) is 16.8 Å². The molecule has 0 amide bonds. The molecule has 0 atom stereocenters. The Morgan fingerprint density at radius 3 is 2.79 bits per heavy atom. The van der Waals surface area contributed by atoms with Gasteiger partial charge in [0.1, 0.15) is 5.75 Å². The molecule has 0 unspecified atom stereocenters. The quantitative estimate of drug-likeness (QED) is 0.934. The molecule has 2 rings (SSSR count). The van der Waals surface area contributed by atoms with Gasteiger partial charge in [-0.1, -0.05) is 17.7 Å². The molecular formula is C14H18ClN3O. The molecule has 1 heterocycles. The van der Waals surface area contributed by atoms with Crippen LogP contribution in [0.15, 0.2) is 18.2 Å². The first-order valence-electron chi connectivity index (χ1n) is 6.14. The Kier molecular flexibility index (Phi) is 4.12. The number of halogens is 1. The van der Waals surface area contributed by atoms with Crippen LogP contribution in [0.2, 0.25) is 5.02 Å². The SMILES string of the molecule is CNCc1c(C)nn(C)c1Oc1cc(Cl)ccc1C. The van der Waals surface area contributed by atoms with Gasteiger partial charge in [-0.15, -0.1) is 0 Å². The lowest BCUT2D eigenvalue weighted by Crippen LogP contribution is -2.07. The van der Waals surface area contributed by atoms with E-state index in [0.717, 1.165) is 28.5 Å². The van der Waals surface area contributed by atoms with Gasteiger partial charge < -0.3 is 10.1 Å². The predicted octanol–water partition coefficient (Wildman–Crippen LogP) is 3.20. The molecule has 0 fully saturated rings. The number of rotatable bonds is 4. The summed E-state index contributed by atoms with van der Waals surface area (Å²) in [4.78, 5) is 0. The summed E-state index contributed by atoms with van der Waals surface area (Å²) in [6, 6.07) is 5.62. The standard InChI is InChI=1S/C14H18ClN3O/c1-9-5-6-11(15)7-13(9)19-14-12(8-16-3)10(2)17-18(14)4/h5-7,16H,8H2,1-4H3. The second-order valence-corrected chi connectivity index (χ2v) is 4.97. The van der Waals surface area contributed by atoms with E-state index in [9.17, 15) is 0 Å². The van der Waals surface area contributed by atoms with E-state index in [1.165, 1.54) is 0 Å². The first kappa shape index (κ1) is 13.9. The van der Waals surface area contributed by atoms with Crippen LogP contribution in [0.3, 0.4) is 0 Å². The molecule has 0 bridgehead atoms. The van der Waals surface area contributed by atoms with Crippen LogP contribution in [0.4, 0.5) is 0 Å². The summed E-state index contributed by atoms with van der Waals surface area (Å²) in [6.45, 7) is 4.69. The van der Waals surface area contributed by atoms with Gasteiger partial charge in [-0.2, -0.15) is 5.10 Å². The zero-order valence-corrected chi connectivity index (χ0v) is 12.4. The minimum absolute atomic E-state index is 0.662. The number of hydrogen-bond acceptors (Lipinski definition) is 3. The number of aromatic nitrogens is 2. The maximum atomic E-state index is 6.01. The van der Waals surface area contributed by atoms with E-state index < -0.39 is 0 Å². The lowest BCUT2D eigenvalue weighted by Gasteiger charge is -2.11. The molecule has 0 radical (unpaired) electrons. The fourth-order valence-electron chi connectivity index (χ4n) is 1.98. The molecule has 4 nitrogen and oxygen atoms in total. The van der Waals surface area contributed by atoms with Gasteiger partial charge in [0.2, 0.25) is 5.88 Å². The Hall–Kier alpha value is -1.52. The molecule has 0 aliphatic rings. The molecule has 0 saturated heterocycles. The van der Waals surface area contributed by atoms with Gasteiger partial charge >= 0.3 is 0 Å². The molecule has 1 aromatic carbocycles. The topological polar surface area (TPSA) is 39.1 Å². The molecule has 102 valence electrons. The average molecular weight is 280 g/mol. The van der Waals surface area contributed by atoms with Crippen molar-refractivity contribution in [2.75, 3.05) is 7.05 Å². The highest BCUT2D eigenvalue weighted by atomic mass is 35.5. The van der Waals surface area contributed by atoms with Crippen molar-refractivity contribution >= 4 is 11.6 Å². The number of benzene rings is 1. The lowest BCUT2D eigenvalue weighted by atomic mass is 10.2. The summed E-state index contributed by atoms with van der Waals surface area (Å²) >= 11 is 6.01. The van der Waals surface area contributed by atoms with Gasteiger partial charge in [0.15, 0.2) is 0 Å². The van der Waals surface area contributed by atoms with Gasteiger partial charge in [0.25, 0.3) is 0 Å². The number of hydrogen-bond donors (Lipinski definition) is 1. The second-order valence-electron chi connectivity index (χ2n) is 4.53. The van der Waals surface area contributed by atoms with Gasteiger partial charge in [0.05, 0.1) is 11.3 Å². The van der Waals surface area contributed by atoms with Crippen LogP contribution in [0.5, 0.6) is 11.6 Å². The van der Waals surface area contributed by atoms with Crippen LogP contribution in [-0.2, 0) is 13.6 Å². The zero-order valence-electron chi connectivity index (χ0n) is 11.6. The van der Waals surface area contributed by atoms with Crippen LogP contribution >= 0.6 is 11.6 Å². The van der Waals surface area contributed by atoms with Crippen molar-refractivity contribution in [1.82, 2.24) is 15.1 Å². The highest BCUT2D eigenvalue weighted by molar-refractivity contribution is 6.30. The zero-order chi connectivity index (χ0) is 14.0. The second kappa shape index (κ2) is 5.63. The fourth-order valence-corrected chi connectivity index (χ4v) is 2.14. The summed E-state index contributed by atoms with van der Waals surface area (Å²) in [5, 5.41) is 8.19. The van der Waals surface area contributed by atoms with E-state index in [1.807, 2.05) is 46.1 Å². The van der Waals surface area contributed by atoms with Crippen molar-refractivity contribution in [1.29, 1.82) is 0 Å². The summed E-state index contributed by atoms with van der Waals surface area (Å²) in [5.74, 6) is 1.50. The first-order chi connectivity index (χ1) is 9.02. The van der Waals surface area contributed by atoms with Gasteiger partial charge in [-0.3, -0.25) is 0 Å². The van der Waals surface area contributed by atoms with Crippen LogP contribution in [0, 0.1) is 13.8 Å². The largest absolute Gasteiger partial charge is 0.439 e. The maximum absolute atomic E-state index is 6.01. The minimum Gasteiger partial charge on any atom is -0.439 e. The molecule has 0 spiro atoms. The molecule has 2 aromatic rings. The Labute approximate surface area is 118 Å². The molecule has 19 heavy (non-hydrogen) atoms. The normalized spacial score (nSPS) is 10.8. The summed E-state index contributed by atoms with van der Waals surface area (Å²) < 4.78 is 7.75. The third kappa shape index (κ3) is 2.91. The third-order valence-electron chi connectivity index (χ3n) is 3.00. The smallest absolute Gasteiger partial charge is 0.222 e. The van der Waals surface area contributed by atoms with Crippen molar-refractivity contribution in [3.8, 4) is 11.6 Å². The fraction of sp³-hybridized carbons (Fsp3) is 0.357. The highest BCUT2D eigenvalue weighted by Crippen LogP contribution is 2.31. The average Bonchev–Trinajstić information content (AvgIpc) is 2.61. The molecule has 0 saturated carbocycles. The van der Waals surface area contributed by atoms with E-state index >= 15 is 0 Å². The first-order valence-corrected chi connectivity index (χ1v) is 6.51. The van der Waals surface area contributed by atoms with E-state index in [4.69, 9.17) is 16.3 Å². The number of ether oxygens (including phenoxy) is 1. The van der Waals surface area contributed by atoms with Crippen LogP contribution in [0.1, 0.15) is 16.8 Å². The lowest BCUT2D eigenvalue weighted by molar-refractivity contribution is 0.422. The summed E-state index contributed by atoms with van der Waals surface area (Å²) in [6.07, 6.45) is 0. The van der Waals surface area contributed by atoms with Crippen molar-refractivity contribution in [2.45, 2.75) is 20.4 Å². The Morgan fingerprint density at radius 2 is 2.11 bits per heavy atom. The Bertz CT molecular complexity index is 593. The number of aryl methyl sites for hydroxylation is 3. The number of nitrogens with one attached hydrogen (secondary N) is 1. The van der Waals surface area contributed by atoms with Crippen molar-refractivity contribution in [3.63, 3.8) is 0 Å². The highest BCUT2D eigenvalue weighted by Gasteiger charge is 2.15. The Balaban J connectivity index is 2.40. The van der Waals surface area contributed by atoms with Gasteiger partial charge in [-0.25, -0.2) is 4.68 Å². The number of nitrogens with zero attached hydrogens (tertiary/aromatic N) is 2. The summed E-state index contributed by atoms with van der Waals surface area (Å²) in [7, 11) is 3.78. The van der Waals surface area contributed by atoms with E-state index in [1.54, 1.807) is 4.68 Å². The van der Waals surface area contributed by atoms with E-state index in [0.29, 0.717) is 11.6 Å². The van der Waals surface area contributed by atoms with Crippen molar-refractivity contribution in [2.24, 2.45) is 7.05 Å². The molecule has 5 heteroatoms. The Morgan fingerprint density at radius 1 is 1.37 bits per heavy atom. The van der Waals surface area contributed by atoms with Gasteiger partial charge in [0, 0.05) is 18.6 Å². The summed E-state index contributed by atoms with van der Waals surface area (Å²) in [5.41, 5.74) is 3.06. The van der Waals surface area contributed by atoms with Crippen LogP contribution < -0.4 is 10.1 Å². The molecule has 0 aliphatic heterocycles. The minimum atomic E-state index is 0.662. The van der Waals surface area contributed by atoms with Crippen molar-refractivity contribution < 1.29 is 4.74 Å². The van der Waals surface area contributed by atoms with Crippen LogP contribution in [0.25, 0.3) is 0 Å². The monoisotopic (exact) mass is 279 g/mol. The van der Waals surface area contributed by atoms with E-state index in [2.05, 4.69) is 10.4 Å². The van der Waals surface area contributed by atoms with Gasteiger partial charge in [-0.05, 0) is 38.6 Å². The maximum Gasteiger partial charge on any atom is 0.222 e.